The Hall–Kier alpha value is -3.32. The third kappa shape index (κ3) is 5.88. The van der Waals surface area contributed by atoms with Crippen LogP contribution in [0.25, 0.3) is 11.6 Å². The van der Waals surface area contributed by atoms with Gasteiger partial charge in [-0.25, -0.2) is 0 Å². The Morgan fingerprint density at radius 3 is 2.41 bits per heavy atom. The predicted molar refractivity (Wildman–Crippen MR) is 126 cm³/mol. The molecule has 0 spiro atoms. The summed E-state index contributed by atoms with van der Waals surface area (Å²) >= 11 is 1.38. The molecule has 0 aliphatic heterocycles. The lowest BCUT2D eigenvalue weighted by atomic mass is 10.1. The number of benzene rings is 2. The fourth-order valence-electron chi connectivity index (χ4n) is 3.44. The van der Waals surface area contributed by atoms with Gasteiger partial charge in [0, 0.05) is 6.04 Å². The average Bonchev–Trinajstić information content (AvgIpc) is 3.48. The molecule has 0 bridgehead atoms. The lowest BCUT2D eigenvalue weighted by molar-refractivity contribution is -0.119. The molecule has 1 atom stereocenters. The summed E-state index contributed by atoms with van der Waals surface area (Å²) in [4.78, 5) is 12.5. The van der Waals surface area contributed by atoms with Crippen molar-refractivity contribution in [1.29, 1.82) is 0 Å². The van der Waals surface area contributed by atoms with Crippen LogP contribution in [0.2, 0.25) is 0 Å². The summed E-state index contributed by atoms with van der Waals surface area (Å²) in [7, 11) is 0. The first-order valence-electron chi connectivity index (χ1n) is 10.7. The number of nitrogens with one attached hydrogen (secondary N) is 1. The van der Waals surface area contributed by atoms with Crippen LogP contribution in [-0.2, 0) is 17.8 Å². The highest BCUT2D eigenvalue weighted by Gasteiger charge is 2.18. The van der Waals surface area contributed by atoms with Crippen LogP contribution >= 0.6 is 11.8 Å². The minimum Gasteiger partial charge on any atom is -0.461 e. The van der Waals surface area contributed by atoms with Crippen LogP contribution in [0, 0.1) is 0 Å². The van der Waals surface area contributed by atoms with Crippen molar-refractivity contribution in [3.63, 3.8) is 0 Å². The molecule has 164 valence electrons. The molecule has 2 heterocycles. The van der Waals surface area contributed by atoms with Gasteiger partial charge in [0.2, 0.25) is 11.7 Å². The Kier molecular flexibility index (Phi) is 7.40. The van der Waals surface area contributed by atoms with Gasteiger partial charge in [0.15, 0.2) is 10.9 Å². The summed E-state index contributed by atoms with van der Waals surface area (Å²) in [6.07, 6.45) is 3.45. The summed E-state index contributed by atoms with van der Waals surface area (Å²) in [5, 5.41) is 12.4. The van der Waals surface area contributed by atoms with Crippen LogP contribution in [-0.4, -0.2) is 32.5 Å². The number of furan rings is 1. The van der Waals surface area contributed by atoms with E-state index in [1.807, 2.05) is 60.0 Å². The molecule has 2 aromatic carbocycles. The maximum absolute atomic E-state index is 12.5. The zero-order chi connectivity index (χ0) is 22.2. The fraction of sp³-hybridized carbons (Fsp3) is 0.240. The minimum absolute atomic E-state index is 0.00984. The van der Waals surface area contributed by atoms with Crippen LogP contribution < -0.4 is 5.32 Å². The van der Waals surface area contributed by atoms with Crippen molar-refractivity contribution in [2.75, 3.05) is 5.75 Å². The van der Waals surface area contributed by atoms with E-state index in [9.17, 15) is 4.79 Å². The zero-order valence-electron chi connectivity index (χ0n) is 18.0. The Bertz CT molecular complexity index is 1110. The second kappa shape index (κ2) is 10.8. The lowest BCUT2D eigenvalue weighted by Gasteiger charge is -2.14. The van der Waals surface area contributed by atoms with Gasteiger partial charge >= 0.3 is 0 Å². The van der Waals surface area contributed by atoms with Crippen LogP contribution in [0.4, 0.5) is 0 Å². The van der Waals surface area contributed by atoms with Gasteiger partial charge in [-0.15, -0.1) is 10.2 Å². The Labute approximate surface area is 192 Å². The number of aromatic nitrogens is 3. The van der Waals surface area contributed by atoms with Gasteiger partial charge in [-0.2, -0.15) is 0 Å². The maximum Gasteiger partial charge on any atom is 0.230 e. The van der Waals surface area contributed by atoms with Gasteiger partial charge in [-0.05, 0) is 43.0 Å². The van der Waals surface area contributed by atoms with Crippen LogP contribution in [0.15, 0.2) is 88.6 Å². The summed E-state index contributed by atoms with van der Waals surface area (Å²) in [6, 6.07) is 24.2. The molecule has 1 unspecified atom stereocenters. The SMILES string of the molecule is CC(CCc1ccccc1)NC(=O)CSc1nnc(-c2ccco2)n1Cc1ccccc1. The molecule has 4 rings (SSSR count). The summed E-state index contributed by atoms with van der Waals surface area (Å²) in [6.45, 7) is 2.64. The van der Waals surface area contributed by atoms with Crippen molar-refractivity contribution in [3.05, 3.63) is 90.2 Å². The van der Waals surface area contributed by atoms with Crippen LogP contribution in [0.5, 0.6) is 0 Å². The molecule has 0 fully saturated rings. The largest absolute Gasteiger partial charge is 0.461 e. The van der Waals surface area contributed by atoms with Gasteiger partial charge in [-0.3, -0.25) is 9.36 Å². The molecule has 1 amide bonds. The van der Waals surface area contributed by atoms with Crippen LogP contribution in [0.1, 0.15) is 24.5 Å². The number of hydrogen-bond acceptors (Lipinski definition) is 5. The van der Waals surface area contributed by atoms with E-state index in [4.69, 9.17) is 4.42 Å². The number of thioether (sulfide) groups is 1. The molecule has 0 saturated heterocycles. The number of hydrogen-bond donors (Lipinski definition) is 1. The molecule has 4 aromatic rings. The van der Waals surface area contributed by atoms with Crippen molar-refractivity contribution in [3.8, 4) is 11.6 Å². The van der Waals surface area contributed by atoms with Gasteiger partial charge in [0.25, 0.3) is 0 Å². The maximum atomic E-state index is 12.5. The third-order valence-electron chi connectivity index (χ3n) is 5.09. The molecule has 0 radical (unpaired) electrons. The molecule has 7 heteroatoms. The normalized spacial score (nSPS) is 11.9. The Morgan fingerprint density at radius 2 is 1.72 bits per heavy atom. The summed E-state index contributed by atoms with van der Waals surface area (Å²) in [5.74, 6) is 1.57. The fourth-order valence-corrected chi connectivity index (χ4v) is 4.19. The quantitative estimate of drug-likeness (QED) is 0.354. The lowest BCUT2D eigenvalue weighted by Crippen LogP contribution is -2.34. The van der Waals surface area contributed by atoms with E-state index in [2.05, 4.69) is 39.8 Å². The minimum atomic E-state index is -0.00984. The average molecular weight is 447 g/mol. The monoisotopic (exact) mass is 446 g/mol. The van der Waals surface area contributed by atoms with E-state index in [1.54, 1.807) is 6.26 Å². The van der Waals surface area contributed by atoms with Gasteiger partial charge in [0.1, 0.15) is 0 Å². The first-order valence-corrected chi connectivity index (χ1v) is 11.6. The second-order valence-electron chi connectivity index (χ2n) is 7.64. The van der Waals surface area contributed by atoms with Gasteiger partial charge in [-0.1, -0.05) is 72.4 Å². The Balaban J connectivity index is 1.37. The number of carbonyl (C=O) groups is 1. The standard InChI is InChI=1S/C25H26N4O2S/c1-19(14-15-20-9-4-2-5-10-20)26-23(30)18-32-25-28-27-24(22-13-8-16-31-22)29(25)17-21-11-6-3-7-12-21/h2-13,16,19H,14-15,17-18H2,1H3,(H,26,30). The molecule has 0 aliphatic rings. The number of nitrogens with zero attached hydrogens (tertiary/aromatic N) is 3. The van der Waals surface area contributed by atoms with E-state index in [0.29, 0.717) is 23.3 Å². The van der Waals surface area contributed by atoms with Crippen molar-refractivity contribution < 1.29 is 9.21 Å². The van der Waals surface area contributed by atoms with Crippen molar-refractivity contribution in [2.45, 2.75) is 37.5 Å². The third-order valence-corrected chi connectivity index (χ3v) is 6.06. The molecule has 32 heavy (non-hydrogen) atoms. The first-order chi connectivity index (χ1) is 15.7. The number of aryl methyl sites for hydroxylation is 1. The van der Waals surface area contributed by atoms with Gasteiger partial charge < -0.3 is 9.73 Å². The summed E-state index contributed by atoms with van der Waals surface area (Å²) < 4.78 is 7.53. The highest BCUT2D eigenvalue weighted by molar-refractivity contribution is 7.99. The molecule has 0 aliphatic carbocycles. The molecular formula is C25H26N4O2S. The molecule has 1 N–H and O–H groups in total. The van der Waals surface area contributed by atoms with E-state index in [1.165, 1.54) is 17.3 Å². The number of rotatable bonds is 10. The predicted octanol–water partition coefficient (Wildman–Crippen LogP) is 4.82. The van der Waals surface area contributed by atoms with E-state index < -0.39 is 0 Å². The highest BCUT2D eigenvalue weighted by Crippen LogP contribution is 2.25. The van der Waals surface area contributed by atoms with E-state index >= 15 is 0 Å². The topological polar surface area (TPSA) is 73.0 Å². The van der Waals surface area contributed by atoms with Crippen molar-refractivity contribution >= 4 is 17.7 Å². The summed E-state index contributed by atoms with van der Waals surface area (Å²) in [5.41, 5.74) is 2.41. The number of amides is 1. The highest BCUT2D eigenvalue weighted by atomic mass is 32.2. The van der Waals surface area contributed by atoms with Crippen LogP contribution in [0.3, 0.4) is 0 Å². The van der Waals surface area contributed by atoms with E-state index in [-0.39, 0.29) is 17.7 Å². The number of carbonyl (C=O) groups excluding carboxylic acids is 1. The van der Waals surface area contributed by atoms with Crippen molar-refractivity contribution in [1.82, 2.24) is 20.1 Å². The first kappa shape index (κ1) is 21.9. The Morgan fingerprint density at radius 1 is 1.00 bits per heavy atom. The molecule has 6 nitrogen and oxygen atoms in total. The molecule has 2 aromatic heterocycles. The van der Waals surface area contributed by atoms with Crippen molar-refractivity contribution in [2.24, 2.45) is 0 Å². The van der Waals surface area contributed by atoms with Gasteiger partial charge in [0.05, 0.1) is 18.6 Å². The smallest absolute Gasteiger partial charge is 0.230 e. The second-order valence-corrected chi connectivity index (χ2v) is 8.58. The van der Waals surface area contributed by atoms with E-state index in [0.717, 1.165) is 18.4 Å². The molecular weight excluding hydrogens is 420 g/mol. The zero-order valence-corrected chi connectivity index (χ0v) is 18.8. The molecule has 0 saturated carbocycles.